The molecule has 1 heterocycles. The molecule has 0 unspecified atom stereocenters. The molecule has 0 amide bonds. The molecule has 6 nitrogen and oxygen atoms in total. The smallest absolute Gasteiger partial charge is 0.338 e. The summed E-state index contributed by atoms with van der Waals surface area (Å²) in [6, 6.07) is 22.5. The van der Waals surface area contributed by atoms with Crippen LogP contribution in [0.3, 0.4) is 0 Å². The van der Waals surface area contributed by atoms with Crippen molar-refractivity contribution < 1.29 is 19.1 Å². The lowest BCUT2D eigenvalue weighted by Crippen LogP contribution is -2.06. The van der Waals surface area contributed by atoms with Gasteiger partial charge in [-0.1, -0.05) is 36.4 Å². The summed E-state index contributed by atoms with van der Waals surface area (Å²) in [6.45, 7) is 0.536. The predicted molar refractivity (Wildman–Crippen MR) is 121 cm³/mol. The Kier molecular flexibility index (Phi) is 6.12. The lowest BCUT2D eigenvalue weighted by Gasteiger charge is -2.15. The summed E-state index contributed by atoms with van der Waals surface area (Å²) in [4.78, 5) is 24.8. The van der Waals surface area contributed by atoms with Gasteiger partial charge >= 0.3 is 11.9 Å². The van der Waals surface area contributed by atoms with Crippen LogP contribution in [0.25, 0.3) is 22.3 Å². The first kappa shape index (κ1) is 21.1. The first-order valence-corrected chi connectivity index (χ1v) is 10.1. The molecule has 0 N–H and O–H groups in total. The van der Waals surface area contributed by atoms with Gasteiger partial charge in [-0.2, -0.15) is 5.10 Å². The predicted octanol–water partition coefficient (Wildman–Crippen LogP) is 4.84. The minimum Gasteiger partial charge on any atom is -0.465 e. The maximum Gasteiger partial charge on any atom is 0.338 e. The standard InChI is InChI=1S/C26H22N2O4/c1-31-25(29)23-10-5-3-8-21(23)19-14-18(17-28-13-7-12-27-28)15-20(16-19)22-9-4-6-11-24(22)26(30)32-2/h3-16H,17H2,1-2H3. The summed E-state index contributed by atoms with van der Waals surface area (Å²) in [6.07, 6.45) is 3.61. The van der Waals surface area contributed by atoms with Crippen LogP contribution < -0.4 is 0 Å². The molecular formula is C26H22N2O4. The van der Waals surface area contributed by atoms with Gasteiger partial charge in [0.05, 0.1) is 31.9 Å². The summed E-state index contributed by atoms with van der Waals surface area (Å²) in [5.74, 6) is -0.816. The summed E-state index contributed by atoms with van der Waals surface area (Å²) in [5, 5.41) is 4.30. The molecule has 3 aromatic carbocycles. The number of esters is 2. The number of ether oxygens (including phenoxy) is 2. The molecule has 0 aliphatic heterocycles. The fourth-order valence-electron chi connectivity index (χ4n) is 3.72. The summed E-state index contributed by atoms with van der Waals surface area (Å²) in [5.41, 5.74) is 5.09. The maximum absolute atomic E-state index is 12.4. The van der Waals surface area contributed by atoms with E-state index in [2.05, 4.69) is 5.10 Å². The number of benzene rings is 3. The van der Waals surface area contributed by atoms with Crippen LogP contribution in [0.2, 0.25) is 0 Å². The van der Waals surface area contributed by atoms with Gasteiger partial charge in [0, 0.05) is 12.4 Å². The van der Waals surface area contributed by atoms with E-state index in [1.165, 1.54) is 14.2 Å². The van der Waals surface area contributed by atoms with Crippen LogP contribution in [0.5, 0.6) is 0 Å². The Bertz CT molecular complexity index is 1180. The lowest BCUT2D eigenvalue weighted by molar-refractivity contribution is 0.0592. The Balaban J connectivity index is 1.92. The van der Waals surface area contributed by atoms with Gasteiger partial charge in [0.2, 0.25) is 0 Å². The number of carbonyl (C=O) groups is 2. The third kappa shape index (κ3) is 4.30. The van der Waals surface area contributed by atoms with Gasteiger partial charge in [0.1, 0.15) is 0 Å². The molecule has 0 radical (unpaired) electrons. The molecule has 1 aromatic heterocycles. The van der Waals surface area contributed by atoms with Crippen LogP contribution >= 0.6 is 0 Å². The molecule has 0 fully saturated rings. The largest absolute Gasteiger partial charge is 0.465 e. The first-order valence-electron chi connectivity index (χ1n) is 10.1. The van der Waals surface area contributed by atoms with Crippen LogP contribution in [-0.2, 0) is 16.0 Å². The molecule has 4 rings (SSSR count). The highest BCUT2D eigenvalue weighted by atomic mass is 16.5. The van der Waals surface area contributed by atoms with E-state index in [4.69, 9.17) is 9.47 Å². The molecule has 4 aromatic rings. The van der Waals surface area contributed by atoms with Crippen LogP contribution in [0.1, 0.15) is 26.3 Å². The van der Waals surface area contributed by atoms with Crippen molar-refractivity contribution in [3.8, 4) is 22.3 Å². The summed E-state index contributed by atoms with van der Waals surface area (Å²) < 4.78 is 11.8. The van der Waals surface area contributed by atoms with E-state index in [0.717, 1.165) is 27.8 Å². The zero-order valence-corrected chi connectivity index (χ0v) is 17.8. The number of hydrogen-bond acceptors (Lipinski definition) is 5. The second-order valence-electron chi connectivity index (χ2n) is 7.20. The summed E-state index contributed by atoms with van der Waals surface area (Å²) >= 11 is 0. The molecule has 0 bridgehead atoms. The quantitative estimate of drug-likeness (QED) is 0.413. The molecule has 0 aliphatic rings. The fourth-order valence-corrected chi connectivity index (χ4v) is 3.72. The number of nitrogens with zero attached hydrogens (tertiary/aromatic N) is 2. The maximum atomic E-state index is 12.4. The second kappa shape index (κ2) is 9.31. The van der Waals surface area contributed by atoms with Gasteiger partial charge in [-0.15, -0.1) is 0 Å². The minimum absolute atomic E-state index is 0.408. The number of aromatic nitrogens is 2. The molecular weight excluding hydrogens is 404 g/mol. The van der Waals surface area contributed by atoms with E-state index in [1.807, 2.05) is 59.4 Å². The molecule has 0 saturated carbocycles. The molecule has 0 saturated heterocycles. The number of rotatable bonds is 6. The fraction of sp³-hybridized carbons (Fsp3) is 0.115. The average Bonchev–Trinajstić information content (AvgIpc) is 3.35. The number of methoxy groups -OCH3 is 2. The minimum atomic E-state index is -0.408. The van der Waals surface area contributed by atoms with E-state index in [1.54, 1.807) is 30.5 Å². The second-order valence-corrected chi connectivity index (χ2v) is 7.20. The molecule has 0 atom stereocenters. The molecule has 0 aliphatic carbocycles. The van der Waals surface area contributed by atoms with Crippen molar-refractivity contribution in [2.24, 2.45) is 0 Å². The Labute approximate surface area is 186 Å². The van der Waals surface area contributed by atoms with Gasteiger partial charge in [0.25, 0.3) is 0 Å². The van der Waals surface area contributed by atoms with E-state index in [9.17, 15) is 9.59 Å². The van der Waals surface area contributed by atoms with Crippen LogP contribution in [0.4, 0.5) is 0 Å². The molecule has 32 heavy (non-hydrogen) atoms. The SMILES string of the molecule is COC(=O)c1ccccc1-c1cc(Cn2cccn2)cc(-c2ccccc2C(=O)OC)c1. The van der Waals surface area contributed by atoms with Gasteiger partial charge in [-0.25, -0.2) is 9.59 Å². The van der Waals surface area contributed by atoms with Gasteiger partial charge in [0.15, 0.2) is 0 Å². The van der Waals surface area contributed by atoms with Crippen molar-refractivity contribution in [3.05, 3.63) is 102 Å². The van der Waals surface area contributed by atoms with Gasteiger partial charge < -0.3 is 9.47 Å². The topological polar surface area (TPSA) is 70.4 Å². The Morgan fingerprint density at radius 2 is 1.31 bits per heavy atom. The van der Waals surface area contributed by atoms with Crippen LogP contribution in [0.15, 0.2) is 85.2 Å². The van der Waals surface area contributed by atoms with Crippen LogP contribution in [-0.4, -0.2) is 35.9 Å². The average molecular weight is 426 g/mol. The van der Waals surface area contributed by atoms with Crippen molar-refractivity contribution in [3.63, 3.8) is 0 Å². The van der Waals surface area contributed by atoms with Crippen molar-refractivity contribution in [1.82, 2.24) is 9.78 Å². The van der Waals surface area contributed by atoms with E-state index in [0.29, 0.717) is 17.7 Å². The molecule has 0 spiro atoms. The highest BCUT2D eigenvalue weighted by Gasteiger charge is 2.17. The highest BCUT2D eigenvalue weighted by molar-refractivity contribution is 5.99. The Morgan fingerprint density at radius 3 is 1.78 bits per heavy atom. The number of hydrogen-bond donors (Lipinski definition) is 0. The number of carbonyl (C=O) groups excluding carboxylic acids is 2. The van der Waals surface area contributed by atoms with Crippen molar-refractivity contribution in [2.45, 2.75) is 6.54 Å². The third-order valence-corrected chi connectivity index (χ3v) is 5.18. The zero-order valence-electron chi connectivity index (χ0n) is 17.8. The van der Waals surface area contributed by atoms with E-state index >= 15 is 0 Å². The van der Waals surface area contributed by atoms with Gasteiger partial charge in [-0.3, -0.25) is 4.68 Å². The highest BCUT2D eigenvalue weighted by Crippen LogP contribution is 2.32. The molecule has 6 heteroatoms. The van der Waals surface area contributed by atoms with Crippen molar-refractivity contribution in [2.75, 3.05) is 14.2 Å². The third-order valence-electron chi connectivity index (χ3n) is 5.18. The molecule has 160 valence electrons. The lowest BCUT2D eigenvalue weighted by atomic mass is 9.92. The monoisotopic (exact) mass is 426 g/mol. The van der Waals surface area contributed by atoms with Crippen molar-refractivity contribution in [1.29, 1.82) is 0 Å². The summed E-state index contributed by atoms with van der Waals surface area (Å²) in [7, 11) is 2.73. The Morgan fingerprint density at radius 1 is 0.781 bits per heavy atom. The normalized spacial score (nSPS) is 10.6. The van der Waals surface area contributed by atoms with Gasteiger partial charge in [-0.05, 0) is 64.2 Å². The van der Waals surface area contributed by atoms with E-state index < -0.39 is 11.9 Å². The van der Waals surface area contributed by atoms with Crippen molar-refractivity contribution >= 4 is 11.9 Å². The first-order chi connectivity index (χ1) is 15.6. The zero-order chi connectivity index (χ0) is 22.5. The van der Waals surface area contributed by atoms with Crippen LogP contribution in [0, 0.1) is 0 Å². The Hall–Kier alpha value is -4.19. The van der Waals surface area contributed by atoms with E-state index in [-0.39, 0.29) is 0 Å².